The Hall–Kier alpha value is -3.31. The van der Waals surface area contributed by atoms with Crippen LogP contribution in [0.15, 0.2) is 72.8 Å². The van der Waals surface area contributed by atoms with Crippen molar-refractivity contribution in [2.75, 3.05) is 6.61 Å². The van der Waals surface area contributed by atoms with Crippen LogP contribution in [0.1, 0.15) is 29.0 Å². The summed E-state index contributed by atoms with van der Waals surface area (Å²) >= 11 is 5.90. The van der Waals surface area contributed by atoms with Crippen LogP contribution in [0.2, 0.25) is 5.02 Å². The lowest BCUT2D eigenvalue weighted by Gasteiger charge is -2.20. The van der Waals surface area contributed by atoms with Gasteiger partial charge in [0.2, 0.25) is 0 Å². The Labute approximate surface area is 185 Å². The SMILES string of the molecule is O=C([O-])C[C@H](Cc1ccc(Cl)cc1)NC(=O)OCC1c2ccccc2-c2ccccc21. The van der Waals surface area contributed by atoms with E-state index >= 15 is 0 Å². The highest BCUT2D eigenvalue weighted by Crippen LogP contribution is 2.44. The van der Waals surface area contributed by atoms with Crippen LogP contribution in [0, 0.1) is 0 Å². The molecule has 1 amide bonds. The maximum absolute atomic E-state index is 12.5. The van der Waals surface area contributed by atoms with E-state index in [1.54, 1.807) is 24.3 Å². The predicted octanol–water partition coefficient (Wildman–Crippen LogP) is 3.93. The molecule has 3 aromatic carbocycles. The van der Waals surface area contributed by atoms with Gasteiger partial charge in [-0.1, -0.05) is 72.3 Å². The first kappa shape index (κ1) is 20.9. The number of carboxylic acids is 1. The summed E-state index contributed by atoms with van der Waals surface area (Å²) in [7, 11) is 0. The van der Waals surface area contributed by atoms with E-state index in [9.17, 15) is 14.7 Å². The van der Waals surface area contributed by atoms with Gasteiger partial charge >= 0.3 is 6.09 Å². The molecular formula is C25H21ClNO4-. The molecule has 158 valence electrons. The first-order valence-corrected chi connectivity index (χ1v) is 10.4. The van der Waals surface area contributed by atoms with Gasteiger partial charge in [-0.05, 0) is 46.4 Å². The maximum Gasteiger partial charge on any atom is 0.407 e. The predicted molar refractivity (Wildman–Crippen MR) is 117 cm³/mol. The number of aliphatic carboxylic acids is 1. The van der Waals surface area contributed by atoms with E-state index in [1.165, 1.54) is 0 Å². The molecule has 0 spiro atoms. The van der Waals surface area contributed by atoms with Gasteiger partial charge in [0.15, 0.2) is 0 Å². The van der Waals surface area contributed by atoms with Gasteiger partial charge in [0.05, 0.1) is 0 Å². The van der Waals surface area contributed by atoms with Crippen molar-refractivity contribution in [2.45, 2.75) is 24.8 Å². The fourth-order valence-corrected chi connectivity index (χ4v) is 4.21. The zero-order chi connectivity index (χ0) is 21.8. The van der Waals surface area contributed by atoms with Crippen molar-refractivity contribution >= 4 is 23.7 Å². The summed E-state index contributed by atoms with van der Waals surface area (Å²) in [6.07, 6.45) is -0.635. The fourth-order valence-electron chi connectivity index (χ4n) is 4.09. The summed E-state index contributed by atoms with van der Waals surface area (Å²) < 4.78 is 5.52. The summed E-state index contributed by atoms with van der Waals surface area (Å²) in [5, 5.41) is 14.4. The number of rotatable bonds is 7. The first-order chi connectivity index (χ1) is 15.0. The Morgan fingerprint density at radius 2 is 1.52 bits per heavy atom. The quantitative estimate of drug-likeness (QED) is 0.611. The molecule has 4 rings (SSSR count). The van der Waals surface area contributed by atoms with Crippen LogP contribution < -0.4 is 10.4 Å². The monoisotopic (exact) mass is 434 g/mol. The van der Waals surface area contributed by atoms with Crippen LogP contribution in [0.3, 0.4) is 0 Å². The van der Waals surface area contributed by atoms with Gasteiger partial charge < -0.3 is 20.0 Å². The number of benzene rings is 3. The number of hydrogen-bond donors (Lipinski definition) is 1. The average Bonchev–Trinajstić information content (AvgIpc) is 3.07. The average molecular weight is 435 g/mol. The van der Waals surface area contributed by atoms with Gasteiger partial charge in [0.25, 0.3) is 0 Å². The fraction of sp³-hybridized carbons (Fsp3) is 0.200. The van der Waals surface area contributed by atoms with E-state index in [4.69, 9.17) is 16.3 Å². The van der Waals surface area contributed by atoms with Gasteiger partial charge in [0, 0.05) is 29.4 Å². The van der Waals surface area contributed by atoms with E-state index in [1.807, 2.05) is 36.4 Å². The standard InChI is InChI=1S/C25H22ClNO4/c26-17-11-9-16(10-12-17)13-18(14-24(28)29)27-25(30)31-15-23-21-7-3-1-5-19(21)20-6-2-4-8-22(20)23/h1-12,18,23H,13-15H2,(H,27,30)(H,28,29)/p-1/t18-/m0/s1. The number of alkyl carbamates (subject to hydrolysis) is 1. The third-order valence-corrected chi connectivity index (χ3v) is 5.73. The molecule has 1 atom stereocenters. The topological polar surface area (TPSA) is 78.5 Å². The van der Waals surface area contributed by atoms with Crippen molar-refractivity contribution in [2.24, 2.45) is 0 Å². The second-order valence-electron chi connectivity index (χ2n) is 7.57. The smallest absolute Gasteiger partial charge is 0.407 e. The highest BCUT2D eigenvalue weighted by Gasteiger charge is 2.29. The van der Waals surface area contributed by atoms with Crippen molar-refractivity contribution in [3.63, 3.8) is 0 Å². The lowest BCUT2D eigenvalue weighted by molar-refractivity contribution is -0.306. The molecule has 0 bridgehead atoms. The van der Waals surface area contributed by atoms with Crippen molar-refractivity contribution in [3.8, 4) is 11.1 Å². The molecule has 0 saturated heterocycles. The van der Waals surface area contributed by atoms with Gasteiger partial charge in [-0.15, -0.1) is 0 Å². The zero-order valence-corrected chi connectivity index (χ0v) is 17.5. The number of carbonyl (C=O) groups is 2. The van der Waals surface area contributed by atoms with Crippen LogP contribution in [0.5, 0.6) is 0 Å². The van der Waals surface area contributed by atoms with Crippen LogP contribution in [0.4, 0.5) is 4.79 Å². The van der Waals surface area contributed by atoms with E-state index in [0.29, 0.717) is 11.4 Å². The van der Waals surface area contributed by atoms with Crippen LogP contribution in [-0.4, -0.2) is 24.7 Å². The molecule has 0 saturated carbocycles. The molecule has 3 aromatic rings. The third-order valence-electron chi connectivity index (χ3n) is 5.47. The number of amides is 1. The van der Waals surface area contributed by atoms with Crippen molar-refractivity contribution in [1.82, 2.24) is 5.32 Å². The van der Waals surface area contributed by atoms with Crippen LogP contribution in [0.25, 0.3) is 11.1 Å². The summed E-state index contributed by atoms with van der Waals surface area (Å²) in [5.74, 6) is -1.30. The number of halogens is 1. The van der Waals surface area contributed by atoms with Gasteiger partial charge in [0.1, 0.15) is 6.61 Å². The number of carbonyl (C=O) groups excluding carboxylic acids is 2. The number of carboxylic acid groups (broad SMARTS) is 1. The van der Waals surface area contributed by atoms with Crippen LogP contribution >= 0.6 is 11.6 Å². The number of hydrogen-bond acceptors (Lipinski definition) is 4. The van der Waals surface area contributed by atoms with E-state index in [2.05, 4.69) is 17.4 Å². The number of ether oxygens (including phenoxy) is 1. The minimum absolute atomic E-state index is 0.0611. The minimum Gasteiger partial charge on any atom is -0.550 e. The number of fused-ring (bicyclic) bond motifs is 3. The molecule has 0 heterocycles. The van der Waals surface area contributed by atoms with E-state index in [0.717, 1.165) is 27.8 Å². The lowest BCUT2D eigenvalue weighted by atomic mass is 9.98. The second kappa shape index (κ2) is 9.23. The molecule has 1 N–H and O–H groups in total. The molecular weight excluding hydrogens is 414 g/mol. The minimum atomic E-state index is -1.24. The molecule has 0 unspecified atom stereocenters. The Morgan fingerprint density at radius 1 is 0.935 bits per heavy atom. The summed E-state index contributed by atoms with van der Waals surface area (Å²) in [5.41, 5.74) is 5.37. The van der Waals surface area contributed by atoms with E-state index in [-0.39, 0.29) is 18.9 Å². The summed E-state index contributed by atoms with van der Waals surface area (Å²) in [4.78, 5) is 23.6. The highest BCUT2D eigenvalue weighted by atomic mass is 35.5. The maximum atomic E-state index is 12.5. The summed E-state index contributed by atoms with van der Waals surface area (Å²) in [6.45, 7) is 0.166. The lowest BCUT2D eigenvalue weighted by Crippen LogP contribution is -2.41. The normalized spacial score (nSPS) is 13.2. The Kier molecular flexibility index (Phi) is 6.23. The van der Waals surface area contributed by atoms with Crippen LogP contribution in [-0.2, 0) is 16.0 Å². The Morgan fingerprint density at radius 3 is 2.10 bits per heavy atom. The molecule has 1 aliphatic rings. The summed E-state index contributed by atoms with van der Waals surface area (Å²) in [6, 6.07) is 22.5. The third kappa shape index (κ3) is 4.89. The molecule has 0 aromatic heterocycles. The van der Waals surface area contributed by atoms with Crippen molar-refractivity contribution in [3.05, 3.63) is 94.5 Å². The highest BCUT2D eigenvalue weighted by molar-refractivity contribution is 6.30. The Bertz CT molecular complexity index is 1050. The largest absolute Gasteiger partial charge is 0.550 e. The van der Waals surface area contributed by atoms with Gasteiger partial charge in [-0.2, -0.15) is 0 Å². The molecule has 5 nitrogen and oxygen atoms in total. The molecule has 0 fully saturated rings. The zero-order valence-electron chi connectivity index (χ0n) is 16.7. The molecule has 31 heavy (non-hydrogen) atoms. The number of nitrogens with one attached hydrogen (secondary N) is 1. The second-order valence-corrected chi connectivity index (χ2v) is 8.01. The van der Waals surface area contributed by atoms with Crippen molar-refractivity contribution in [1.29, 1.82) is 0 Å². The van der Waals surface area contributed by atoms with Crippen molar-refractivity contribution < 1.29 is 19.4 Å². The molecule has 0 aliphatic heterocycles. The Balaban J connectivity index is 1.42. The first-order valence-electron chi connectivity index (χ1n) is 10.1. The molecule has 6 heteroatoms. The van der Waals surface area contributed by atoms with Gasteiger partial charge in [-0.25, -0.2) is 4.79 Å². The van der Waals surface area contributed by atoms with E-state index < -0.39 is 18.1 Å². The molecule has 1 aliphatic carbocycles. The molecule has 0 radical (unpaired) electrons. The van der Waals surface area contributed by atoms with Gasteiger partial charge in [-0.3, -0.25) is 0 Å².